The molecule has 0 saturated carbocycles. The maximum Gasteiger partial charge on any atom is 0.245 e. The van der Waals surface area contributed by atoms with Gasteiger partial charge in [0.1, 0.15) is 17.8 Å². The van der Waals surface area contributed by atoms with Crippen molar-refractivity contribution in [1.82, 2.24) is 24.8 Å². The van der Waals surface area contributed by atoms with Crippen molar-refractivity contribution in [2.24, 2.45) is 5.41 Å². The second kappa shape index (κ2) is 10.1. The van der Waals surface area contributed by atoms with E-state index in [4.69, 9.17) is 0 Å². The van der Waals surface area contributed by atoms with Crippen molar-refractivity contribution in [3.05, 3.63) is 84.5 Å². The van der Waals surface area contributed by atoms with Crippen LogP contribution in [0.4, 0.5) is 4.39 Å². The molecule has 2 aliphatic heterocycles. The Labute approximate surface area is 226 Å². The lowest BCUT2D eigenvalue weighted by atomic mass is 9.72. The van der Waals surface area contributed by atoms with Crippen molar-refractivity contribution in [1.29, 1.82) is 5.26 Å². The third-order valence-corrected chi connectivity index (χ3v) is 8.16. The van der Waals surface area contributed by atoms with Gasteiger partial charge in [0, 0.05) is 41.7 Å². The zero-order valence-corrected chi connectivity index (χ0v) is 21.7. The molecule has 2 aromatic carbocycles. The number of piperidine rings is 1. The Kier molecular flexibility index (Phi) is 6.45. The Bertz CT molecular complexity index is 1590. The Morgan fingerprint density at radius 3 is 2.59 bits per heavy atom. The topological polar surface area (TPSA) is 88.9 Å². The summed E-state index contributed by atoms with van der Waals surface area (Å²) in [4.78, 5) is 28.3. The number of nitrogens with one attached hydrogen (secondary N) is 1. The molecule has 2 aliphatic rings. The zero-order valence-electron chi connectivity index (χ0n) is 21.7. The number of nitrogens with zero attached hydrogens (tertiary/aromatic N) is 5. The van der Waals surface area contributed by atoms with E-state index in [1.165, 1.54) is 30.1 Å². The second-order valence-corrected chi connectivity index (χ2v) is 10.7. The highest BCUT2D eigenvalue weighted by Gasteiger charge is 2.45. The molecule has 1 spiro atoms. The van der Waals surface area contributed by atoms with Crippen molar-refractivity contribution in [3.63, 3.8) is 0 Å². The minimum absolute atomic E-state index is 0.0492. The number of carbonyl (C=O) groups excluding carboxylic acids is 1. The normalized spacial score (nSPS) is 16.7. The molecule has 0 radical (unpaired) electrons. The first-order chi connectivity index (χ1) is 18.9. The highest BCUT2D eigenvalue weighted by molar-refractivity contribution is 5.94. The average molecular weight is 521 g/mol. The Morgan fingerprint density at radius 1 is 1.10 bits per heavy atom. The summed E-state index contributed by atoms with van der Waals surface area (Å²) >= 11 is 0. The summed E-state index contributed by atoms with van der Waals surface area (Å²) in [7, 11) is 0. The highest BCUT2D eigenvalue weighted by atomic mass is 19.1. The number of halogens is 1. The van der Waals surface area contributed by atoms with Crippen LogP contribution in [-0.4, -0.2) is 63.4 Å². The van der Waals surface area contributed by atoms with Crippen LogP contribution in [0.25, 0.3) is 33.5 Å². The number of carbonyl (C=O) groups is 1. The third kappa shape index (κ3) is 4.93. The molecule has 6 rings (SSSR count). The van der Waals surface area contributed by atoms with E-state index in [1.54, 1.807) is 6.07 Å². The van der Waals surface area contributed by atoms with Gasteiger partial charge >= 0.3 is 0 Å². The first kappa shape index (κ1) is 25.0. The maximum atomic E-state index is 14.1. The van der Waals surface area contributed by atoms with Gasteiger partial charge in [-0.05, 0) is 73.8 Å². The molecule has 1 N–H and O–H groups in total. The molecule has 4 heterocycles. The fourth-order valence-electron chi connectivity index (χ4n) is 5.87. The number of hydrogen-bond acceptors (Lipinski definition) is 5. The Balaban J connectivity index is 1.10. The number of benzene rings is 2. The molecule has 39 heavy (non-hydrogen) atoms. The van der Waals surface area contributed by atoms with E-state index in [2.05, 4.69) is 50.7 Å². The fraction of sp³-hybridized carbons (Fsp3) is 0.290. The van der Waals surface area contributed by atoms with E-state index < -0.39 is 5.82 Å². The Morgan fingerprint density at radius 2 is 1.87 bits per heavy atom. The summed E-state index contributed by atoms with van der Waals surface area (Å²) in [5.74, 6) is -0.422. The number of rotatable bonds is 6. The number of aromatic nitrogens is 3. The maximum absolute atomic E-state index is 14.1. The van der Waals surface area contributed by atoms with E-state index in [9.17, 15) is 14.4 Å². The van der Waals surface area contributed by atoms with Crippen LogP contribution in [0, 0.1) is 22.6 Å². The lowest BCUT2D eigenvalue weighted by Gasteiger charge is -2.53. The summed E-state index contributed by atoms with van der Waals surface area (Å²) in [6.07, 6.45) is 6.13. The summed E-state index contributed by atoms with van der Waals surface area (Å²) < 4.78 is 14.1. The van der Waals surface area contributed by atoms with E-state index in [0.29, 0.717) is 22.3 Å². The standard InChI is InChI=1S/C31H29FN6O/c1-2-28(39)38-18-31(19-38)8-11-37(12-9-31)10-7-21-3-5-23(6-4-21)27-16-26-29(34-20-35-30(26)36-27)24-13-22(17-33)14-25(32)15-24/h2-6,13-16,20H,1,7-12,18-19H2,(H,34,35,36). The van der Waals surface area contributed by atoms with Gasteiger partial charge in [0.2, 0.25) is 5.91 Å². The lowest BCUT2D eigenvalue weighted by molar-refractivity contribution is -0.141. The van der Waals surface area contributed by atoms with Crippen molar-refractivity contribution < 1.29 is 9.18 Å². The molecule has 0 bridgehead atoms. The number of aromatic amines is 1. The molecule has 2 fully saturated rings. The largest absolute Gasteiger partial charge is 0.339 e. The molecule has 0 atom stereocenters. The quantitative estimate of drug-likeness (QED) is 0.363. The number of H-pyrrole nitrogens is 1. The van der Waals surface area contributed by atoms with Crippen LogP contribution in [-0.2, 0) is 11.2 Å². The lowest BCUT2D eigenvalue weighted by Crippen LogP contribution is -2.61. The van der Waals surface area contributed by atoms with Crippen molar-refractivity contribution in [2.45, 2.75) is 19.3 Å². The van der Waals surface area contributed by atoms with Crippen molar-refractivity contribution in [2.75, 3.05) is 32.7 Å². The number of nitriles is 1. The first-order valence-electron chi connectivity index (χ1n) is 13.2. The van der Waals surface area contributed by atoms with Gasteiger partial charge in [0.25, 0.3) is 0 Å². The van der Waals surface area contributed by atoms with Crippen LogP contribution >= 0.6 is 0 Å². The van der Waals surface area contributed by atoms with Crippen LogP contribution in [0.3, 0.4) is 0 Å². The first-order valence-corrected chi connectivity index (χ1v) is 13.2. The van der Waals surface area contributed by atoms with E-state index in [1.807, 2.05) is 17.0 Å². The fourth-order valence-corrected chi connectivity index (χ4v) is 5.87. The van der Waals surface area contributed by atoms with Crippen LogP contribution in [0.5, 0.6) is 0 Å². The number of hydrogen-bond donors (Lipinski definition) is 1. The minimum atomic E-state index is -0.471. The van der Waals surface area contributed by atoms with Crippen LogP contribution in [0.2, 0.25) is 0 Å². The third-order valence-electron chi connectivity index (χ3n) is 8.16. The van der Waals surface area contributed by atoms with Crippen LogP contribution in [0.1, 0.15) is 24.0 Å². The molecule has 2 saturated heterocycles. The summed E-state index contributed by atoms with van der Waals surface area (Å²) in [5.41, 5.74) is 5.57. The molecule has 2 aromatic heterocycles. The van der Waals surface area contributed by atoms with Crippen molar-refractivity contribution in [3.8, 4) is 28.6 Å². The zero-order chi connectivity index (χ0) is 27.0. The molecule has 7 nitrogen and oxygen atoms in total. The van der Waals surface area contributed by atoms with Crippen LogP contribution < -0.4 is 0 Å². The number of fused-ring (bicyclic) bond motifs is 1. The van der Waals surface area contributed by atoms with Gasteiger partial charge in [0.15, 0.2) is 0 Å². The van der Waals surface area contributed by atoms with Crippen molar-refractivity contribution >= 4 is 16.9 Å². The second-order valence-electron chi connectivity index (χ2n) is 10.7. The molecule has 196 valence electrons. The predicted octanol–water partition coefficient (Wildman–Crippen LogP) is 4.96. The molecule has 8 heteroatoms. The van der Waals surface area contributed by atoms with E-state index in [-0.39, 0.29) is 11.5 Å². The molecule has 0 unspecified atom stereocenters. The SMILES string of the molecule is C=CC(=O)N1CC2(CCN(CCc3ccc(-c4cc5c(-c6cc(F)cc(C#N)c6)ncnc5[nH]4)cc3)CC2)C1. The summed E-state index contributed by atoms with van der Waals surface area (Å²) in [6, 6.07) is 16.7. The number of amides is 1. The monoisotopic (exact) mass is 520 g/mol. The number of likely N-dealkylation sites (tertiary alicyclic amines) is 2. The van der Waals surface area contributed by atoms with E-state index in [0.717, 1.165) is 68.6 Å². The summed E-state index contributed by atoms with van der Waals surface area (Å²) in [6.45, 7) is 8.51. The molecule has 4 aromatic rings. The molecular weight excluding hydrogens is 491 g/mol. The molecular formula is C31H29FN6O. The van der Waals surface area contributed by atoms with Gasteiger partial charge < -0.3 is 14.8 Å². The van der Waals surface area contributed by atoms with E-state index >= 15 is 0 Å². The van der Waals surface area contributed by atoms with Gasteiger partial charge in [-0.3, -0.25) is 4.79 Å². The molecule has 0 aliphatic carbocycles. The molecule has 1 amide bonds. The van der Waals surface area contributed by atoms with Gasteiger partial charge in [-0.1, -0.05) is 30.8 Å². The van der Waals surface area contributed by atoms with Gasteiger partial charge in [0.05, 0.1) is 17.3 Å². The highest BCUT2D eigenvalue weighted by Crippen LogP contribution is 2.40. The van der Waals surface area contributed by atoms with Gasteiger partial charge in [-0.2, -0.15) is 5.26 Å². The minimum Gasteiger partial charge on any atom is -0.339 e. The van der Waals surface area contributed by atoms with Gasteiger partial charge in [-0.15, -0.1) is 0 Å². The Hall–Kier alpha value is -4.35. The summed E-state index contributed by atoms with van der Waals surface area (Å²) in [5, 5.41) is 10.0. The predicted molar refractivity (Wildman–Crippen MR) is 148 cm³/mol. The smallest absolute Gasteiger partial charge is 0.245 e. The van der Waals surface area contributed by atoms with Crippen LogP contribution in [0.15, 0.2) is 67.5 Å². The average Bonchev–Trinajstić information content (AvgIpc) is 3.39. The van der Waals surface area contributed by atoms with Gasteiger partial charge in [-0.25, -0.2) is 14.4 Å².